The Bertz CT molecular complexity index is 258. The first-order valence-corrected chi connectivity index (χ1v) is 4.52. The van der Waals surface area contributed by atoms with Crippen LogP contribution in [0.15, 0.2) is 18.2 Å². The van der Waals surface area contributed by atoms with Crippen molar-refractivity contribution >= 4 is 11.6 Å². The quantitative estimate of drug-likeness (QED) is 0.759. The fourth-order valence-electron chi connectivity index (χ4n) is 1.16. The van der Waals surface area contributed by atoms with Crippen LogP contribution in [0.25, 0.3) is 0 Å². The van der Waals surface area contributed by atoms with E-state index in [0.717, 1.165) is 23.6 Å². The molecule has 12 heavy (non-hydrogen) atoms. The second-order valence-corrected chi connectivity index (χ2v) is 3.28. The van der Waals surface area contributed by atoms with E-state index in [4.69, 9.17) is 11.6 Å². The predicted octanol–water partition coefficient (Wildman–Crippen LogP) is 2.41. The molecule has 1 aromatic carbocycles. The van der Waals surface area contributed by atoms with Crippen LogP contribution in [0.2, 0.25) is 5.02 Å². The van der Waals surface area contributed by atoms with Crippen LogP contribution >= 0.6 is 11.6 Å². The first-order chi connectivity index (χ1) is 5.75. The standard InChI is InChI=1S/C10H14ClN/c1-8-4-3-5-9(10(8)11)6-7-12-2/h3-5,12H,6-7H2,1-2H3. The second kappa shape index (κ2) is 4.48. The third-order valence-electron chi connectivity index (χ3n) is 1.92. The fraction of sp³-hybridized carbons (Fsp3) is 0.400. The molecule has 0 radical (unpaired) electrons. The zero-order valence-electron chi connectivity index (χ0n) is 7.52. The minimum absolute atomic E-state index is 0.910. The Hall–Kier alpha value is -0.530. The fourth-order valence-corrected chi connectivity index (χ4v) is 1.38. The van der Waals surface area contributed by atoms with Crippen LogP contribution in [0, 0.1) is 6.92 Å². The first kappa shape index (κ1) is 9.56. The normalized spacial score (nSPS) is 10.2. The van der Waals surface area contributed by atoms with Crippen LogP contribution in [-0.2, 0) is 6.42 Å². The maximum Gasteiger partial charge on any atom is 0.0467 e. The third-order valence-corrected chi connectivity index (χ3v) is 2.46. The highest BCUT2D eigenvalue weighted by Gasteiger charge is 2.00. The van der Waals surface area contributed by atoms with Crippen molar-refractivity contribution in [2.24, 2.45) is 0 Å². The number of hydrogen-bond donors (Lipinski definition) is 1. The average molecular weight is 184 g/mol. The summed E-state index contributed by atoms with van der Waals surface area (Å²) in [4.78, 5) is 0. The number of benzene rings is 1. The topological polar surface area (TPSA) is 12.0 Å². The molecule has 0 amide bonds. The maximum atomic E-state index is 6.10. The summed E-state index contributed by atoms with van der Waals surface area (Å²) in [6.45, 7) is 3.01. The van der Waals surface area contributed by atoms with E-state index in [1.165, 1.54) is 5.56 Å². The Kier molecular flexibility index (Phi) is 3.57. The maximum absolute atomic E-state index is 6.10. The van der Waals surface area contributed by atoms with Gasteiger partial charge in [-0.25, -0.2) is 0 Å². The highest BCUT2D eigenvalue weighted by Crippen LogP contribution is 2.20. The highest BCUT2D eigenvalue weighted by atomic mass is 35.5. The van der Waals surface area contributed by atoms with Crippen LogP contribution in [0.3, 0.4) is 0 Å². The van der Waals surface area contributed by atoms with Crippen LogP contribution in [0.4, 0.5) is 0 Å². The van der Waals surface area contributed by atoms with Crippen LogP contribution in [0.1, 0.15) is 11.1 Å². The second-order valence-electron chi connectivity index (χ2n) is 2.90. The Balaban J connectivity index is 2.78. The zero-order valence-corrected chi connectivity index (χ0v) is 8.28. The van der Waals surface area contributed by atoms with Crippen molar-refractivity contribution in [3.8, 4) is 0 Å². The van der Waals surface area contributed by atoms with Crippen LogP contribution < -0.4 is 5.32 Å². The molecule has 66 valence electrons. The van der Waals surface area contributed by atoms with Crippen molar-refractivity contribution in [3.63, 3.8) is 0 Å². The summed E-state index contributed by atoms with van der Waals surface area (Å²) in [5, 5.41) is 4.01. The van der Waals surface area contributed by atoms with Gasteiger partial charge in [0.05, 0.1) is 0 Å². The van der Waals surface area contributed by atoms with Crippen molar-refractivity contribution in [1.29, 1.82) is 0 Å². The summed E-state index contributed by atoms with van der Waals surface area (Å²) in [5.41, 5.74) is 2.39. The number of hydrogen-bond acceptors (Lipinski definition) is 1. The van der Waals surface area contributed by atoms with Gasteiger partial charge in [-0.3, -0.25) is 0 Å². The molecule has 0 unspecified atom stereocenters. The van der Waals surface area contributed by atoms with Gasteiger partial charge in [-0.2, -0.15) is 0 Å². The van der Waals surface area contributed by atoms with Gasteiger partial charge in [0.1, 0.15) is 0 Å². The van der Waals surface area contributed by atoms with Crippen molar-refractivity contribution in [1.82, 2.24) is 5.32 Å². The average Bonchev–Trinajstić information content (AvgIpc) is 2.08. The zero-order chi connectivity index (χ0) is 8.97. The van der Waals surface area contributed by atoms with Crippen molar-refractivity contribution in [2.75, 3.05) is 13.6 Å². The SMILES string of the molecule is CNCCc1cccc(C)c1Cl. The molecule has 0 heterocycles. The summed E-state index contributed by atoms with van der Waals surface area (Å²) in [6.07, 6.45) is 0.997. The van der Waals surface area contributed by atoms with E-state index in [1.807, 2.05) is 26.1 Å². The molecule has 0 aliphatic heterocycles. The first-order valence-electron chi connectivity index (χ1n) is 4.14. The molecule has 0 fully saturated rings. The van der Waals surface area contributed by atoms with Crippen molar-refractivity contribution in [2.45, 2.75) is 13.3 Å². The van der Waals surface area contributed by atoms with Gasteiger partial charge in [0.25, 0.3) is 0 Å². The third kappa shape index (κ3) is 2.23. The van der Waals surface area contributed by atoms with E-state index in [2.05, 4.69) is 11.4 Å². The molecule has 1 aromatic rings. The minimum Gasteiger partial charge on any atom is -0.319 e. The van der Waals surface area contributed by atoms with Crippen LogP contribution in [-0.4, -0.2) is 13.6 Å². The van der Waals surface area contributed by atoms with Gasteiger partial charge in [-0.05, 0) is 38.1 Å². The molecule has 0 atom stereocenters. The molecular formula is C10H14ClN. The molecule has 0 aliphatic carbocycles. The molecule has 1 rings (SSSR count). The van der Waals surface area contributed by atoms with Gasteiger partial charge in [-0.15, -0.1) is 0 Å². The summed E-state index contributed by atoms with van der Waals surface area (Å²) in [7, 11) is 1.95. The lowest BCUT2D eigenvalue weighted by Gasteiger charge is -2.05. The largest absolute Gasteiger partial charge is 0.319 e. The van der Waals surface area contributed by atoms with Gasteiger partial charge in [0.2, 0.25) is 0 Å². The molecule has 0 spiro atoms. The molecule has 0 aromatic heterocycles. The Morgan fingerprint density at radius 2 is 2.17 bits per heavy atom. The highest BCUT2D eigenvalue weighted by molar-refractivity contribution is 6.32. The number of likely N-dealkylation sites (N-methyl/N-ethyl adjacent to an activating group) is 1. The number of rotatable bonds is 3. The van der Waals surface area contributed by atoms with Gasteiger partial charge in [0.15, 0.2) is 0 Å². The lowest BCUT2D eigenvalue weighted by Crippen LogP contribution is -2.10. The molecule has 1 N–H and O–H groups in total. The Morgan fingerprint density at radius 3 is 2.83 bits per heavy atom. The molecule has 0 bridgehead atoms. The van der Waals surface area contributed by atoms with E-state index < -0.39 is 0 Å². The van der Waals surface area contributed by atoms with Crippen LogP contribution in [0.5, 0.6) is 0 Å². The minimum atomic E-state index is 0.910. The van der Waals surface area contributed by atoms with Gasteiger partial charge >= 0.3 is 0 Å². The lowest BCUT2D eigenvalue weighted by atomic mass is 10.1. The van der Waals surface area contributed by atoms with Gasteiger partial charge < -0.3 is 5.32 Å². The number of nitrogens with one attached hydrogen (secondary N) is 1. The van der Waals surface area contributed by atoms with E-state index >= 15 is 0 Å². The smallest absolute Gasteiger partial charge is 0.0467 e. The molecule has 0 aliphatic rings. The lowest BCUT2D eigenvalue weighted by molar-refractivity contribution is 0.791. The van der Waals surface area contributed by atoms with E-state index in [0.29, 0.717) is 0 Å². The molecule has 1 nitrogen and oxygen atoms in total. The number of aryl methyl sites for hydroxylation is 1. The Labute approximate surface area is 78.7 Å². The summed E-state index contributed by atoms with van der Waals surface area (Å²) < 4.78 is 0. The predicted molar refractivity (Wildman–Crippen MR) is 53.8 cm³/mol. The van der Waals surface area contributed by atoms with E-state index in [9.17, 15) is 0 Å². The van der Waals surface area contributed by atoms with Crippen molar-refractivity contribution in [3.05, 3.63) is 34.3 Å². The van der Waals surface area contributed by atoms with Gasteiger partial charge in [-0.1, -0.05) is 29.8 Å². The monoisotopic (exact) mass is 183 g/mol. The summed E-state index contributed by atoms with van der Waals surface area (Å²) in [6, 6.07) is 6.16. The number of halogens is 1. The van der Waals surface area contributed by atoms with E-state index in [-0.39, 0.29) is 0 Å². The molecule has 0 saturated heterocycles. The molecule has 2 heteroatoms. The van der Waals surface area contributed by atoms with Gasteiger partial charge in [0, 0.05) is 5.02 Å². The summed E-state index contributed by atoms with van der Waals surface area (Å²) >= 11 is 6.10. The Morgan fingerprint density at radius 1 is 1.42 bits per heavy atom. The molecular weight excluding hydrogens is 170 g/mol. The summed E-state index contributed by atoms with van der Waals surface area (Å²) in [5.74, 6) is 0. The van der Waals surface area contributed by atoms with E-state index in [1.54, 1.807) is 0 Å². The molecule has 0 saturated carbocycles. The van der Waals surface area contributed by atoms with Crippen molar-refractivity contribution < 1.29 is 0 Å².